The largest absolute Gasteiger partial charge is 0.480 e. The second-order valence-corrected chi connectivity index (χ2v) is 1.90. The number of carbonyl (C=O) groups is 1. The van der Waals surface area contributed by atoms with Crippen LogP contribution in [0.3, 0.4) is 0 Å². The standard InChI is InChI=1S/C5H7N3O2/c1-4(5(9)10)8-3-2-6-7-8/h2-4H,1H3,(H,9,10). The molecule has 0 aliphatic carbocycles. The summed E-state index contributed by atoms with van der Waals surface area (Å²) in [5.74, 6) is -0.912. The van der Waals surface area contributed by atoms with Crippen molar-refractivity contribution in [2.24, 2.45) is 0 Å². The lowest BCUT2D eigenvalue weighted by atomic mass is 10.4. The Morgan fingerprint density at radius 3 is 2.90 bits per heavy atom. The van der Waals surface area contributed by atoms with Gasteiger partial charge in [-0.1, -0.05) is 5.21 Å². The van der Waals surface area contributed by atoms with E-state index in [9.17, 15) is 4.79 Å². The molecule has 5 nitrogen and oxygen atoms in total. The van der Waals surface area contributed by atoms with E-state index < -0.39 is 12.0 Å². The first-order chi connectivity index (χ1) is 4.72. The van der Waals surface area contributed by atoms with Crippen molar-refractivity contribution in [3.05, 3.63) is 12.4 Å². The Bertz CT molecular complexity index is 219. The fourth-order valence-corrected chi connectivity index (χ4v) is 0.537. The molecule has 1 atom stereocenters. The Kier molecular flexibility index (Phi) is 1.66. The van der Waals surface area contributed by atoms with Gasteiger partial charge in [0.15, 0.2) is 0 Å². The maximum atomic E-state index is 10.3. The summed E-state index contributed by atoms with van der Waals surface area (Å²) in [4.78, 5) is 10.3. The van der Waals surface area contributed by atoms with Crippen LogP contribution in [-0.2, 0) is 4.79 Å². The van der Waals surface area contributed by atoms with Crippen LogP contribution in [0.15, 0.2) is 12.4 Å². The first kappa shape index (κ1) is 6.73. The van der Waals surface area contributed by atoms with Gasteiger partial charge in [-0.15, -0.1) is 5.10 Å². The zero-order valence-electron chi connectivity index (χ0n) is 5.43. The lowest BCUT2D eigenvalue weighted by Gasteiger charge is -2.02. The topological polar surface area (TPSA) is 68.0 Å². The Morgan fingerprint density at radius 2 is 2.50 bits per heavy atom. The molecule has 1 heterocycles. The highest BCUT2D eigenvalue weighted by Gasteiger charge is 2.12. The molecule has 0 spiro atoms. The molecule has 0 fully saturated rings. The first-order valence-corrected chi connectivity index (χ1v) is 2.80. The van der Waals surface area contributed by atoms with Gasteiger partial charge in [-0.3, -0.25) is 0 Å². The number of hydrogen-bond donors (Lipinski definition) is 1. The maximum absolute atomic E-state index is 10.3. The monoisotopic (exact) mass is 141 g/mol. The molecule has 0 saturated carbocycles. The van der Waals surface area contributed by atoms with Crippen LogP contribution >= 0.6 is 0 Å². The second-order valence-electron chi connectivity index (χ2n) is 1.90. The highest BCUT2D eigenvalue weighted by molar-refractivity contribution is 5.71. The molecule has 0 saturated heterocycles. The Labute approximate surface area is 57.3 Å². The molecule has 1 aromatic rings. The summed E-state index contributed by atoms with van der Waals surface area (Å²) in [5.41, 5.74) is 0. The van der Waals surface area contributed by atoms with Gasteiger partial charge in [0.05, 0.1) is 6.20 Å². The van der Waals surface area contributed by atoms with Crippen molar-refractivity contribution in [3.63, 3.8) is 0 Å². The van der Waals surface area contributed by atoms with E-state index in [1.165, 1.54) is 24.0 Å². The van der Waals surface area contributed by atoms with Crippen LogP contribution in [0.25, 0.3) is 0 Å². The van der Waals surface area contributed by atoms with Gasteiger partial charge in [-0.25, -0.2) is 9.48 Å². The minimum Gasteiger partial charge on any atom is -0.480 e. The molecule has 0 bridgehead atoms. The minimum atomic E-state index is -0.912. The van der Waals surface area contributed by atoms with Gasteiger partial charge in [-0.2, -0.15) is 0 Å². The van der Waals surface area contributed by atoms with Crippen LogP contribution in [-0.4, -0.2) is 26.1 Å². The van der Waals surface area contributed by atoms with Gasteiger partial charge in [0.25, 0.3) is 0 Å². The number of aromatic nitrogens is 3. The summed E-state index contributed by atoms with van der Waals surface area (Å²) in [6.07, 6.45) is 2.96. The highest BCUT2D eigenvalue weighted by atomic mass is 16.4. The molecule has 0 amide bonds. The Balaban J connectivity index is 2.77. The molecule has 1 rings (SSSR count). The molecule has 1 N–H and O–H groups in total. The van der Waals surface area contributed by atoms with E-state index in [1.807, 2.05) is 0 Å². The van der Waals surface area contributed by atoms with Crippen LogP contribution in [0, 0.1) is 0 Å². The zero-order chi connectivity index (χ0) is 7.56. The van der Waals surface area contributed by atoms with E-state index in [4.69, 9.17) is 5.11 Å². The molecule has 10 heavy (non-hydrogen) atoms. The van der Waals surface area contributed by atoms with Crippen molar-refractivity contribution < 1.29 is 9.90 Å². The SMILES string of the molecule is CC(C(=O)O)n1ccnn1. The van der Waals surface area contributed by atoms with Crippen molar-refractivity contribution >= 4 is 5.97 Å². The van der Waals surface area contributed by atoms with Crippen molar-refractivity contribution in [2.45, 2.75) is 13.0 Å². The summed E-state index contributed by atoms with van der Waals surface area (Å²) in [5, 5.41) is 15.5. The lowest BCUT2D eigenvalue weighted by Crippen LogP contribution is -2.15. The van der Waals surface area contributed by atoms with Gasteiger partial charge < -0.3 is 5.11 Å². The molecule has 0 aromatic carbocycles. The summed E-state index contributed by atoms with van der Waals surface area (Å²) in [7, 11) is 0. The molecule has 5 heteroatoms. The smallest absolute Gasteiger partial charge is 0.328 e. The number of hydrogen-bond acceptors (Lipinski definition) is 3. The van der Waals surface area contributed by atoms with E-state index in [0.717, 1.165) is 0 Å². The van der Waals surface area contributed by atoms with Gasteiger partial charge in [0.1, 0.15) is 6.04 Å². The van der Waals surface area contributed by atoms with E-state index >= 15 is 0 Å². The average molecular weight is 141 g/mol. The number of rotatable bonds is 2. The van der Waals surface area contributed by atoms with Crippen LogP contribution in [0.2, 0.25) is 0 Å². The van der Waals surface area contributed by atoms with Crippen LogP contribution in [0.5, 0.6) is 0 Å². The number of nitrogens with zero attached hydrogens (tertiary/aromatic N) is 3. The number of carboxylic acid groups (broad SMARTS) is 1. The van der Waals surface area contributed by atoms with Crippen molar-refractivity contribution in [3.8, 4) is 0 Å². The molecule has 54 valence electrons. The molecular formula is C5H7N3O2. The normalized spacial score (nSPS) is 12.9. The number of carboxylic acids is 1. The van der Waals surface area contributed by atoms with Crippen LogP contribution in [0.1, 0.15) is 13.0 Å². The second kappa shape index (κ2) is 2.47. The fraction of sp³-hybridized carbons (Fsp3) is 0.400. The molecule has 0 aliphatic rings. The minimum absolute atomic E-state index is 0.637. The van der Waals surface area contributed by atoms with Gasteiger partial charge in [-0.05, 0) is 6.92 Å². The van der Waals surface area contributed by atoms with Crippen LogP contribution in [0.4, 0.5) is 0 Å². The molecule has 0 aliphatic heterocycles. The third-order valence-electron chi connectivity index (χ3n) is 1.20. The maximum Gasteiger partial charge on any atom is 0.328 e. The number of aliphatic carboxylic acids is 1. The van der Waals surface area contributed by atoms with Gasteiger partial charge >= 0.3 is 5.97 Å². The molecule has 0 radical (unpaired) electrons. The average Bonchev–Trinajstić information content (AvgIpc) is 2.36. The summed E-state index contributed by atoms with van der Waals surface area (Å²) in [6, 6.07) is -0.637. The van der Waals surface area contributed by atoms with Crippen molar-refractivity contribution in [2.75, 3.05) is 0 Å². The zero-order valence-corrected chi connectivity index (χ0v) is 5.43. The van der Waals surface area contributed by atoms with E-state index in [-0.39, 0.29) is 0 Å². The van der Waals surface area contributed by atoms with Gasteiger partial charge in [0.2, 0.25) is 0 Å². The van der Waals surface area contributed by atoms with E-state index in [0.29, 0.717) is 0 Å². The summed E-state index contributed by atoms with van der Waals surface area (Å²) >= 11 is 0. The summed E-state index contributed by atoms with van der Waals surface area (Å²) < 4.78 is 1.28. The quantitative estimate of drug-likeness (QED) is 0.625. The van der Waals surface area contributed by atoms with Crippen molar-refractivity contribution in [1.29, 1.82) is 0 Å². The molecular weight excluding hydrogens is 134 g/mol. The highest BCUT2D eigenvalue weighted by Crippen LogP contribution is 2.00. The third kappa shape index (κ3) is 1.12. The predicted octanol–water partition coefficient (Wildman–Crippen LogP) is -0.0763. The molecule has 1 aromatic heterocycles. The van der Waals surface area contributed by atoms with Crippen LogP contribution < -0.4 is 0 Å². The van der Waals surface area contributed by atoms with Crippen molar-refractivity contribution in [1.82, 2.24) is 15.0 Å². The third-order valence-corrected chi connectivity index (χ3v) is 1.20. The summed E-state index contributed by atoms with van der Waals surface area (Å²) in [6.45, 7) is 1.54. The Hall–Kier alpha value is -1.39. The lowest BCUT2D eigenvalue weighted by molar-refractivity contribution is -0.140. The van der Waals surface area contributed by atoms with E-state index in [1.54, 1.807) is 0 Å². The fourth-order valence-electron chi connectivity index (χ4n) is 0.537. The van der Waals surface area contributed by atoms with Gasteiger partial charge in [0, 0.05) is 6.20 Å². The molecule has 1 unspecified atom stereocenters. The Morgan fingerprint density at radius 1 is 1.80 bits per heavy atom. The predicted molar refractivity (Wildman–Crippen MR) is 32.4 cm³/mol. The van der Waals surface area contributed by atoms with E-state index in [2.05, 4.69) is 10.3 Å². The first-order valence-electron chi connectivity index (χ1n) is 2.80.